The van der Waals surface area contributed by atoms with Crippen molar-refractivity contribution in [2.75, 3.05) is 6.54 Å². The van der Waals surface area contributed by atoms with E-state index in [9.17, 15) is 0 Å². The van der Waals surface area contributed by atoms with Crippen molar-refractivity contribution in [3.05, 3.63) is 11.9 Å². The van der Waals surface area contributed by atoms with Gasteiger partial charge in [-0.1, -0.05) is 39.8 Å². The van der Waals surface area contributed by atoms with Gasteiger partial charge in [0.15, 0.2) is 0 Å². The lowest BCUT2D eigenvalue weighted by molar-refractivity contribution is 0.396. The second-order valence-corrected chi connectivity index (χ2v) is 6.24. The quantitative estimate of drug-likeness (QED) is 0.871. The van der Waals surface area contributed by atoms with Gasteiger partial charge in [0.1, 0.15) is 0 Å². The average Bonchev–Trinajstić information content (AvgIpc) is 2.56. The van der Waals surface area contributed by atoms with E-state index >= 15 is 0 Å². The summed E-state index contributed by atoms with van der Waals surface area (Å²) in [6, 6.07) is 0.352. The molecule has 0 aromatic carbocycles. The summed E-state index contributed by atoms with van der Waals surface area (Å²) in [6.45, 7) is 12.5. The van der Waals surface area contributed by atoms with Crippen LogP contribution in [0, 0.1) is 16.7 Å². The van der Waals surface area contributed by atoms with E-state index in [1.165, 1.54) is 5.69 Å². The first kappa shape index (κ1) is 12.6. The van der Waals surface area contributed by atoms with Crippen molar-refractivity contribution in [3.8, 4) is 0 Å². The number of aromatic nitrogens is 3. The van der Waals surface area contributed by atoms with E-state index in [-0.39, 0.29) is 0 Å². The molecule has 1 fully saturated rings. The van der Waals surface area contributed by atoms with Crippen LogP contribution in [-0.2, 0) is 7.05 Å². The Labute approximate surface area is 104 Å². The molecule has 0 bridgehead atoms. The molecule has 1 saturated carbocycles. The Morgan fingerprint density at radius 1 is 1.35 bits per heavy atom. The van der Waals surface area contributed by atoms with Gasteiger partial charge in [0.25, 0.3) is 0 Å². The lowest BCUT2D eigenvalue weighted by Crippen LogP contribution is -2.27. The first-order valence-electron chi connectivity index (χ1n) is 6.42. The van der Waals surface area contributed by atoms with Crippen molar-refractivity contribution >= 4 is 0 Å². The lowest BCUT2D eigenvalue weighted by Gasteiger charge is -2.19. The Bertz CT molecular complexity index is 391. The minimum atomic E-state index is 0.352. The molecule has 1 aliphatic rings. The van der Waals surface area contributed by atoms with Crippen LogP contribution in [0.2, 0.25) is 0 Å². The first-order valence-corrected chi connectivity index (χ1v) is 6.42. The zero-order valence-corrected chi connectivity index (χ0v) is 11.8. The van der Waals surface area contributed by atoms with E-state index in [4.69, 9.17) is 0 Å². The maximum absolute atomic E-state index is 4.05. The Hall–Kier alpha value is -0.900. The van der Waals surface area contributed by atoms with Gasteiger partial charge in [0.05, 0.1) is 17.9 Å². The van der Waals surface area contributed by atoms with Gasteiger partial charge in [-0.25, -0.2) is 0 Å². The number of hydrogen-bond donors (Lipinski definition) is 1. The summed E-state index contributed by atoms with van der Waals surface area (Å²) in [5, 5.41) is 11.7. The number of nitrogens with one attached hydrogen (secondary N) is 1. The molecule has 0 aliphatic heterocycles. The molecule has 1 N–H and O–H groups in total. The van der Waals surface area contributed by atoms with Gasteiger partial charge >= 0.3 is 0 Å². The van der Waals surface area contributed by atoms with Crippen LogP contribution in [0.15, 0.2) is 6.20 Å². The molecule has 4 heteroatoms. The fourth-order valence-electron chi connectivity index (χ4n) is 3.27. The van der Waals surface area contributed by atoms with Crippen molar-refractivity contribution in [1.82, 2.24) is 20.3 Å². The Kier molecular flexibility index (Phi) is 2.81. The molecule has 0 radical (unpaired) electrons. The minimum Gasteiger partial charge on any atom is -0.309 e. The van der Waals surface area contributed by atoms with Crippen molar-refractivity contribution < 1.29 is 0 Å². The summed E-state index contributed by atoms with van der Waals surface area (Å²) in [6.07, 6.45) is 1.89. The van der Waals surface area contributed by atoms with Crippen LogP contribution in [0.3, 0.4) is 0 Å². The molecule has 1 atom stereocenters. The predicted octanol–water partition coefficient (Wildman–Crippen LogP) is 2.15. The summed E-state index contributed by atoms with van der Waals surface area (Å²) in [4.78, 5) is 0. The molecular weight excluding hydrogens is 212 g/mol. The molecule has 4 nitrogen and oxygen atoms in total. The summed E-state index contributed by atoms with van der Waals surface area (Å²) in [5.74, 6) is 0.632. The van der Waals surface area contributed by atoms with E-state index in [2.05, 4.69) is 50.2 Å². The van der Waals surface area contributed by atoms with Gasteiger partial charge in [-0.15, -0.1) is 5.10 Å². The molecule has 0 amide bonds. The average molecular weight is 236 g/mol. The van der Waals surface area contributed by atoms with Gasteiger partial charge < -0.3 is 5.32 Å². The molecule has 1 unspecified atom stereocenters. The second kappa shape index (κ2) is 3.80. The SMILES string of the molecule is CCNC(c1cnnn1C)C1C(C)(C)C1(C)C. The normalized spacial score (nSPS) is 23.6. The summed E-state index contributed by atoms with van der Waals surface area (Å²) in [7, 11) is 1.97. The van der Waals surface area contributed by atoms with Gasteiger partial charge in [-0.2, -0.15) is 0 Å². The van der Waals surface area contributed by atoms with Crippen LogP contribution in [0.1, 0.15) is 46.4 Å². The molecule has 1 heterocycles. The van der Waals surface area contributed by atoms with Crippen LogP contribution in [-0.4, -0.2) is 21.5 Å². The van der Waals surface area contributed by atoms with Gasteiger partial charge in [0.2, 0.25) is 0 Å². The van der Waals surface area contributed by atoms with Gasteiger partial charge in [-0.3, -0.25) is 4.68 Å². The van der Waals surface area contributed by atoms with E-state index in [1.54, 1.807) is 0 Å². The highest BCUT2D eigenvalue weighted by Gasteiger charge is 2.67. The smallest absolute Gasteiger partial charge is 0.0756 e. The maximum Gasteiger partial charge on any atom is 0.0756 e. The van der Waals surface area contributed by atoms with Crippen LogP contribution >= 0.6 is 0 Å². The Balaban J connectivity index is 2.30. The monoisotopic (exact) mass is 236 g/mol. The van der Waals surface area contributed by atoms with E-state index in [0.717, 1.165) is 6.54 Å². The van der Waals surface area contributed by atoms with Crippen LogP contribution in [0.5, 0.6) is 0 Å². The van der Waals surface area contributed by atoms with E-state index in [1.807, 2.05) is 17.9 Å². The molecular formula is C13H24N4. The van der Waals surface area contributed by atoms with Crippen LogP contribution in [0.4, 0.5) is 0 Å². The highest BCUT2D eigenvalue weighted by atomic mass is 15.4. The zero-order chi connectivity index (χ0) is 12.8. The summed E-state index contributed by atoms with van der Waals surface area (Å²) in [5.41, 5.74) is 1.92. The topological polar surface area (TPSA) is 42.7 Å². The third kappa shape index (κ3) is 1.69. The largest absolute Gasteiger partial charge is 0.309 e. The maximum atomic E-state index is 4.05. The van der Waals surface area contributed by atoms with Crippen molar-refractivity contribution in [3.63, 3.8) is 0 Å². The molecule has 1 aromatic heterocycles. The van der Waals surface area contributed by atoms with E-state index < -0.39 is 0 Å². The fraction of sp³-hybridized carbons (Fsp3) is 0.846. The summed E-state index contributed by atoms with van der Waals surface area (Å²) >= 11 is 0. The molecule has 0 saturated heterocycles. The first-order chi connectivity index (χ1) is 7.84. The van der Waals surface area contributed by atoms with E-state index in [0.29, 0.717) is 22.8 Å². The number of hydrogen-bond acceptors (Lipinski definition) is 3. The molecule has 0 spiro atoms. The summed E-state index contributed by atoms with van der Waals surface area (Å²) < 4.78 is 1.89. The number of aryl methyl sites for hydroxylation is 1. The highest BCUT2D eigenvalue weighted by Crippen LogP contribution is 2.72. The van der Waals surface area contributed by atoms with Crippen LogP contribution in [0.25, 0.3) is 0 Å². The third-order valence-corrected chi connectivity index (χ3v) is 4.96. The van der Waals surface area contributed by atoms with Crippen molar-refractivity contribution in [1.29, 1.82) is 0 Å². The number of rotatable bonds is 4. The molecule has 1 aromatic rings. The van der Waals surface area contributed by atoms with Crippen LogP contribution < -0.4 is 5.32 Å². The molecule has 17 heavy (non-hydrogen) atoms. The lowest BCUT2D eigenvalue weighted by atomic mass is 10.0. The fourth-order valence-corrected chi connectivity index (χ4v) is 3.27. The Morgan fingerprint density at radius 2 is 1.94 bits per heavy atom. The molecule has 1 aliphatic carbocycles. The molecule has 2 rings (SSSR count). The second-order valence-electron chi connectivity index (χ2n) is 6.24. The predicted molar refractivity (Wildman–Crippen MR) is 68.5 cm³/mol. The third-order valence-electron chi connectivity index (χ3n) is 4.96. The standard InChI is InChI=1S/C13H24N4/c1-7-14-10(9-8-15-16-17(9)6)11-12(2,3)13(11,4)5/h8,10-11,14H,7H2,1-6H3. The highest BCUT2D eigenvalue weighted by molar-refractivity contribution is 5.21. The Morgan fingerprint density at radius 3 is 2.29 bits per heavy atom. The number of nitrogens with zero attached hydrogens (tertiary/aromatic N) is 3. The van der Waals surface area contributed by atoms with Crippen molar-refractivity contribution in [2.24, 2.45) is 23.8 Å². The van der Waals surface area contributed by atoms with Gasteiger partial charge in [-0.05, 0) is 23.3 Å². The van der Waals surface area contributed by atoms with Crippen molar-refractivity contribution in [2.45, 2.75) is 40.7 Å². The zero-order valence-electron chi connectivity index (χ0n) is 11.8. The van der Waals surface area contributed by atoms with Gasteiger partial charge in [0, 0.05) is 7.05 Å². The minimum absolute atomic E-state index is 0.352. The molecule has 96 valence electrons.